The number of halogens is 1. The molecule has 0 spiro atoms. The van der Waals surface area contributed by atoms with Crippen LogP contribution in [0.15, 0.2) is 77.6 Å². The highest BCUT2D eigenvalue weighted by atomic mass is 35.5. The fourth-order valence-electron chi connectivity index (χ4n) is 2.96. The molecule has 4 aromatic rings. The van der Waals surface area contributed by atoms with Crippen LogP contribution in [0.25, 0.3) is 5.69 Å². The van der Waals surface area contributed by atoms with Gasteiger partial charge in [0.15, 0.2) is 0 Å². The maximum atomic E-state index is 12.8. The number of nitrogens with zero attached hydrogens (tertiary/aromatic N) is 3. The SMILES string of the molecule is O=C(Nc1cc(Cl)cc(C(=O)Nc2cccc(-n3nn[nH]c3=O)c2)c1)OCc1ccccc1. The van der Waals surface area contributed by atoms with Crippen LogP contribution in [0.4, 0.5) is 16.2 Å². The summed E-state index contributed by atoms with van der Waals surface area (Å²) < 4.78 is 6.24. The summed E-state index contributed by atoms with van der Waals surface area (Å²) >= 11 is 6.13. The molecule has 0 aliphatic carbocycles. The number of rotatable bonds is 6. The van der Waals surface area contributed by atoms with Crippen molar-refractivity contribution in [2.75, 3.05) is 10.6 Å². The van der Waals surface area contributed by atoms with Gasteiger partial charge < -0.3 is 10.1 Å². The van der Waals surface area contributed by atoms with Gasteiger partial charge in [0.2, 0.25) is 0 Å². The largest absolute Gasteiger partial charge is 0.444 e. The third-order valence-corrected chi connectivity index (χ3v) is 4.66. The van der Waals surface area contributed by atoms with E-state index in [1.165, 1.54) is 18.2 Å². The summed E-state index contributed by atoms with van der Waals surface area (Å²) in [6, 6.07) is 20.2. The van der Waals surface area contributed by atoms with Gasteiger partial charge in [-0.3, -0.25) is 10.1 Å². The van der Waals surface area contributed by atoms with Crippen molar-refractivity contribution in [1.29, 1.82) is 0 Å². The maximum Gasteiger partial charge on any atom is 0.411 e. The summed E-state index contributed by atoms with van der Waals surface area (Å²) in [5.41, 5.74) is 1.68. The van der Waals surface area contributed by atoms with E-state index in [-0.39, 0.29) is 17.2 Å². The summed E-state index contributed by atoms with van der Waals surface area (Å²) in [5.74, 6) is -0.470. The molecule has 2 amide bonds. The number of nitrogens with one attached hydrogen (secondary N) is 3. The molecule has 0 bridgehead atoms. The number of carbonyl (C=O) groups is 2. The first kappa shape index (κ1) is 21.8. The van der Waals surface area contributed by atoms with Crippen molar-refractivity contribution in [3.05, 3.63) is 99.4 Å². The van der Waals surface area contributed by atoms with E-state index in [4.69, 9.17) is 16.3 Å². The Kier molecular flexibility index (Phi) is 6.46. The van der Waals surface area contributed by atoms with Crippen molar-refractivity contribution in [3.63, 3.8) is 0 Å². The lowest BCUT2D eigenvalue weighted by molar-refractivity contribution is 0.102. The van der Waals surface area contributed by atoms with Crippen LogP contribution in [0.2, 0.25) is 5.02 Å². The Balaban J connectivity index is 1.44. The van der Waals surface area contributed by atoms with Crippen molar-refractivity contribution in [3.8, 4) is 5.69 Å². The van der Waals surface area contributed by atoms with Gasteiger partial charge in [-0.1, -0.05) is 48.0 Å². The van der Waals surface area contributed by atoms with Gasteiger partial charge in [0.25, 0.3) is 5.91 Å². The van der Waals surface area contributed by atoms with Gasteiger partial charge >= 0.3 is 11.8 Å². The quantitative estimate of drug-likeness (QED) is 0.399. The monoisotopic (exact) mass is 464 g/mol. The number of tetrazole rings is 1. The van der Waals surface area contributed by atoms with Gasteiger partial charge in [0, 0.05) is 22.0 Å². The van der Waals surface area contributed by atoms with E-state index >= 15 is 0 Å². The van der Waals surface area contributed by atoms with Gasteiger partial charge in [-0.15, -0.1) is 0 Å². The van der Waals surface area contributed by atoms with Crippen molar-refractivity contribution in [2.24, 2.45) is 0 Å². The maximum absolute atomic E-state index is 12.8. The fraction of sp³-hybridized carbons (Fsp3) is 0.0455. The second-order valence-corrected chi connectivity index (χ2v) is 7.27. The van der Waals surface area contributed by atoms with Crippen LogP contribution in [-0.4, -0.2) is 32.2 Å². The number of anilines is 2. The molecule has 1 aromatic heterocycles. The number of aromatic nitrogens is 4. The van der Waals surface area contributed by atoms with Gasteiger partial charge in [-0.25, -0.2) is 14.7 Å². The third kappa shape index (κ3) is 5.63. The Morgan fingerprint density at radius 3 is 2.55 bits per heavy atom. The molecule has 166 valence electrons. The van der Waals surface area contributed by atoms with E-state index in [1.54, 1.807) is 24.3 Å². The predicted molar refractivity (Wildman–Crippen MR) is 122 cm³/mol. The van der Waals surface area contributed by atoms with Crippen LogP contribution in [0.3, 0.4) is 0 Å². The predicted octanol–water partition coefficient (Wildman–Crippen LogP) is 3.61. The molecule has 0 saturated heterocycles. The molecule has 0 aliphatic heterocycles. The normalized spacial score (nSPS) is 10.5. The topological polar surface area (TPSA) is 131 Å². The number of aromatic amines is 1. The van der Waals surface area contributed by atoms with Gasteiger partial charge in [0.1, 0.15) is 6.61 Å². The summed E-state index contributed by atoms with van der Waals surface area (Å²) in [6.07, 6.45) is -0.682. The summed E-state index contributed by atoms with van der Waals surface area (Å²) in [6.45, 7) is 0.103. The molecule has 33 heavy (non-hydrogen) atoms. The summed E-state index contributed by atoms with van der Waals surface area (Å²) in [4.78, 5) is 36.6. The zero-order valence-corrected chi connectivity index (χ0v) is 17.7. The Morgan fingerprint density at radius 2 is 1.79 bits per heavy atom. The van der Waals surface area contributed by atoms with Crippen LogP contribution < -0.4 is 16.3 Å². The van der Waals surface area contributed by atoms with Crippen LogP contribution in [0.1, 0.15) is 15.9 Å². The minimum absolute atomic E-state index is 0.103. The number of H-pyrrole nitrogens is 1. The lowest BCUT2D eigenvalue weighted by Gasteiger charge is -2.10. The molecule has 0 aliphatic rings. The first-order valence-electron chi connectivity index (χ1n) is 9.68. The van der Waals surface area contributed by atoms with Crippen molar-refractivity contribution >= 4 is 35.0 Å². The number of carbonyl (C=O) groups excluding carboxylic acids is 2. The van der Waals surface area contributed by atoms with Crippen LogP contribution in [0, 0.1) is 0 Å². The molecule has 0 fully saturated rings. The Morgan fingerprint density at radius 1 is 0.970 bits per heavy atom. The lowest BCUT2D eigenvalue weighted by atomic mass is 10.1. The number of amides is 2. The average molecular weight is 465 g/mol. The second kappa shape index (κ2) is 9.79. The zero-order valence-electron chi connectivity index (χ0n) is 17.0. The fourth-order valence-corrected chi connectivity index (χ4v) is 3.19. The standard InChI is InChI=1S/C22H17ClN6O4/c23-16-9-15(10-18(11-16)25-22(32)33-13-14-5-2-1-3-6-14)20(30)24-17-7-4-8-19(12-17)29-21(31)26-27-28-29/h1-12H,13H2,(H,24,30)(H,25,32)(H,26,28,31). The highest BCUT2D eigenvalue weighted by Gasteiger charge is 2.12. The van der Waals surface area contributed by atoms with Crippen LogP contribution in [0.5, 0.6) is 0 Å². The highest BCUT2D eigenvalue weighted by Crippen LogP contribution is 2.21. The third-order valence-electron chi connectivity index (χ3n) is 4.44. The Bertz CT molecular complexity index is 1350. The molecule has 11 heteroatoms. The molecule has 0 saturated carbocycles. The Hall–Kier alpha value is -4.44. The minimum atomic E-state index is -0.682. The average Bonchev–Trinajstić information content (AvgIpc) is 3.24. The molecule has 3 N–H and O–H groups in total. The van der Waals surface area contributed by atoms with Crippen LogP contribution in [-0.2, 0) is 11.3 Å². The van der Waals surface area contributed by atoms with Crippen molar-refractivity contribution < 1.29 is 14.3 Å². The first-order chi connectivity index (χ1) is 16.0. The highest BCUT2D eigenvalue weighted by molar-refractivity contribution is 6.31. The first-order valence-corrected chi connectivity index (χ1v) is 10.1. The van der Waals surface area contributed by atoms with Crippen molar-refractivity contribution in [1.82, 2.24) is 20.2 Å². The molecular formula is C22H17ClN6O4. The summed E-state index contributed by atoms with van der Waals surface area (Å²) in [5, 5.41) is 14.8. The molecule has 0 radical (unpaired) electrons. The van der Waals surface area contributed by atoms with Gasteiger partial charge in [-0.05, 0) is 52.4 Å². The second-order valence-electron chi connectivity index (χ2n) is 6.84. The van der Waals surface area contributed by atoms with E-state index in [1.807, 2.05) is 30.3 Å². The molecule has 0 unspecified atom stereocenters. The molecule has 3 aromatic carbocycles. The number of hydrogen-bond donors (Lipinski definition) is 3. The zero-order chi connectivity index (χ0) is 23.2. The minimum Gasteiger partial charge on any atom is -0.444 e. The molecule has 10 nitrogen and oxygen atoms in total. The number of benzene rings is 3. The molecule has 0 atom stereocenters. The molecular weight excluding hydrogens is 448 g/mol. The Labute approximate surface area is 192 Å². The van der Waals surface area contributed by atoms with Gasteiger partial charge in [-0.2, -0.15) is 4.68 Å². The molecule has 4 rings (SSSR count). The van der Waals surface area contributed by atoms with E-state index in [0.717, 1.165) is 10.2 Å². The van der Waals surface area contributed by atoms with E-state index in [9.17, 15) is 14.4 Å². The smallest absolute Gasteiger partial charge is 0.411 e. The number of ether oxygens (including phenoxy) is 1. The van der Waals surface area contributed by atoms with Crippen LogP contribution >= 0.6 is 11.6 Å². The molecule has 1 heterocycles. The van der Waals surface area contributed by atoms with Crippen molar-refractivity contribution in [2.45, 2.75) is 6.61 Å². The summed E-state index contributed by atoms with van der Waals surface area (Å²) in [7, 11) is 0. The van der Waals surface area contributed by atoms with Gasteiger partial charge in [0.05, 0.1) is 5.69 Å². The lowest BCUT2D eigenvalue weighted by Crippen LogP contribution is -2.17. The van der Waals surface area contributed by atoms with E-state index < -0.39 is 17.7 Å². The van der Waals surface area contributed by atoms with E-state index in [0.29, 0.717) is 17.1 Å². The number of hydrogen-bond acceptors (Lipinski definition) is 6. The van der Waals surface area contributed by atoms with E-state index in [2.05, 4.69) is 26.2 Å².